The first-order valence-electron chi connectivity index (χ1n) is 7.78. The first-order valence-corrected chi connectivity index (χ1v) is 8.23. The minimum absolute atomic E-state index is 0.0501. The van der Waals surface area contributed by atoms with E-state index in [9.17, 15) is 10.1 Å². The van der Waals surface area contributed by atoms with Gasteiger partial charge in [-0.1, -0.05) is 41.9 Å². The molecule has 3 aromatic carbocycles. The Kier molecular flexibility index (Phi) is 5.39. The van der Waals surface area contributed by atoms with Gasteiger partial charge in [0, 0.05) is 27.7 Å². The van der Waals surface area contributed by atoms with E-state index in [0.29, 0.717) is 11.1 Å². The van der Waals surface area contributed by atoms with Gasteiger partial charge in [0.25, 0.3) is 5.69 Å². The summed E-state index contributed by atoms with van der Waals surface area (Å²) in [6, 6.07) is 21.6. The summed E-state index contributed by atoms with van der Waals surface area (Å²) in [6.45, 7) is 0. The summed E-state index contributed by atoms with van der Waals surface area (Å²) in [6.07, 6.45) is 0. The van der Waals surface area contributed by atoms with Crippen LogP contribution in [0.3, 0.4) is 0 Å². The van der Waals surface area contributed by atoms with Crippen molar-refractivity contribution in [1.29, 1.82) is 0 Å². The Morgan fingerprint density at radius 3 is 2.00 bits per heavy atom. The summed E-state index contributed by atoms with van der Waals surface area (Å²) in [4.78, 5) is 11.8. The summed E-state index contributed by atoms with van der Waals surface area (Å²) >= 11 is 4.23. The summed E-state index contributed by atoms with van der Waals surface area (Å²) in [5, 5.41) is 11.4. The molecule has 0 amide bonds. The monoisotopic (exact) mass is 355 g/mol. The van der Waals surface area contributed by atoms with Gasteiger partial charge in [-0.3, -0.25) is 10.1 Å². The molecule has 0 unspecified atom stereocenters. The van der Waals surface area contributed by atoms with Crippen LogP contribution in [0, 0.1) is 33.8 Å². The van der Waals surface area contributed by atoms with E-state index >= 15 is 0 Å². The molecule has 0 saturated heterocycles. The van der Waals surface area contributed by atoms with Crippen LogP contribution in [-0.4, -0.2) is 4.92 Å². The molecule has 0 fully saturated rings. The van der Waals surface area contributed by atoms with Crippen molar-refractivity contribution in [2.45, 2.75) is 4.90 Å². The van der Waals surface area contributed by atoms with Crippen molar-refractivity contribution in [1.82, 2.24) is 0 Å². The summed E-state index contributed by atoms with van der Waals surface area (Å²) in [5.74, 6) is 11.7. The fraction of sp³-hybridized carbons (Fsp3) is 0. The third kappa shape index (κ3) is 4.54. The third-order valence-electron chi connectivity index (χ3n) is 3.53. The molecule has 26 heavy (non-hydrogen) atoms. The quantitative estimate of drug-likeness (QED) is 0.298. The lowest BCUT2D eigenvalue weighted by Crippen LogP contribution is -1.93. The zero-order valence-electron chi connectivity index (χ0n) is 13.6. The number of nitro groups is 1. The van der Waals surface area contributed by atoms with Crippen LogP contribution in [0.2, 0.25) is 0 Å². The fourth-order valence-electron chi connectivity index (χ4n) is 2.22. The molecule has 0 atom stereocenters. The number of benzene rings is 3. The molecule has 4 heteroatoms. The molecule has 0 N–H and O–H groups in total. The molecule has 3 rings (SSSR count). The van der Waals surface area contributed by atoms with Crippen LogP contribution in [0.5, 0.6) is 0 Å². The van der Waals surface area contributed by atoms with E-state index in [1.807, 2.05) is 54.6 Å². The summed E-state index contributed by atoms with van der Waals surface area (Å²) < 4.78 is 0. The normalized spacial score (nSPS) is 9.42. The highest BCUT2D eigenvalue weighted by Crippen LogP contribution is 2.19. The van der Waals surface area contributed by atoms with Crippen LogP contribution in [0.4, 0.5) is 5.69 Å². The van der Waals surface area contributed by atoms with E-state index in [2.05, 4.69) is 36.3 Å². The number of hydrogen-bond acceptors (Lipinski definition) is 3. The topological polar surface area (TPSA) is 43.1 Å². The second-order valence-corrected chi connectivity index (χ2v) is 5.92. The van der Waals surface area contributed by atoms with Gasteiger partial charge in [-0.15, -0.1) is 12.6 Å². The summed E-state index contributed by atoms with van der Waals surface area (Å²) in [7, 11) is 0. The Bertz CT molecular complexity index is 1070. The lowest BCUT2D eigenvalue weighted by molar-refractivity contribution is -0.385. The maximum absolute atomic E-state index is 11.4. The van der Waals surface area contributed by atoms with Gasteiger partial charge in [-0.2, -0.15) is 0 Å². The van der Waals surface area contributed by atoms with Crippen LogP contribution in [0.25, 0.3) is 0 Å². The molecule has 0 radical (unpaired) electrons. The maximum atomic E-state index is 11.4. The van der Waals surface area contributed by atoms with Gasteiger partial charge < -0.3 is 0 Å². The number of thiol groups is 1. The Labute approximate surface area is 157 Å². The molecule has 124 valence electrons. The van der Waals surface area contributed by atoms with Crippen LogP contribution in [-0.2, 0) is 0 Å². The minimum atomic E-state index is -0.435. The smallest absolute Gasteiger partial charge is 0.258 e. The predicted octanol–water partition coefficient (Wildman–Crippen LogP) is 4.68. The summed E-state index contributed by atoms with van der Waals surface area (Å²) in [5.41, 5.74) is 2.50. The van der Waals surface area contributed by atoms with Crippen LogP contribution >= 0.6 is 12.6 Å². The number of hydrogen-bond donors (Lipinski definition) is 1. The maximum Gasteiger partial charge on any atom is 0.286 e. The molecule has 0 heterocycles. The third-order valence-corrected chi connectivity index (χ3v) is 3.83. The molecule has 0 aromatic heterocycles. The predicted molar refractivity (Wildman–Crippen MR) is 105 cm³/mol. The lowest BCUT2D eigenvalue weighted by Gasteiger charge is -1.97. The Balaban J connectivity index is 1.92. The van der Waals surface area contributed by atoms with E-state index in [-0.39, 0.29) is 5.69 Å². The van der Waals surface area contributed by atoms with Gasteiger partial charge in [0.05, 0.1) is 4.92 Å². The van der Waals surface area contributed by atoms with E-state index in [0.717, 1.165) is 16.0 Å². The van der Waals surface area contributed by atoms with Gasteiger partial charge in [-0.25, -0.2) is 0 Å². The van der Waals surface area contributed by atoms with E-state index in [1.165, 1.54) is 6.07 Å². The van der Waals surface area contributed by atoms with Crippen LogP contribution < -0.4 is 0 Å². The molecular weight excluding hydrogens is 342 g/mol. The standard InChI is InChI=1S/C22H13NO2S/c24-23(25)22-16-19(7-6-18-10-14-21(26)15-11-18)9-13-20(22)12-8-17-4-2-1-3-5-17/h1-5,9-11,13-16,26H. The lowest BCUT2D eigenvalue weighted by atomic mass is 10.1. The minimum Gasteiger partial charge on any atom is -0.258 e. The van der Waals surface area contributed by atoms with E-state index in [1.54, 1.807) is 12.1 Å². The Morgan fingerprint density at radius 2 is 1.31 bits per heavy atom. The van der Waals surface area contributed by atoms with Crippen molar-refractivity contribution in [2.24, 2.45) is 0 Å². The Hall–Kier alpha value is -3.47. The van der Waals surface area contributed by atoms with Gasteiger partial charge in [0.1, 0.15) is 5.56 Å². The van der Waals surface area contributed by atoms with Gasteiger partial charge in [0.15, 0.2) is 0 Å². The number of nitrogens with zero attached hydrogens (tertiary/aromatic N) is 1. The molecule has 0 aliphatic heterocycles. The Morgan fingerprint density at radius 1 is 0.731 bits per heavy atom. The van der Waals surface area contributed by atoms with Crippen molar-refractivity contribution >= 4 is 18.3 Å². The van der Waals surface area contributed by atoms with Crippen LogP contribution in [0.15, 0.2) is 77.7 Å². The van der Waals surface area contributed by atoms with Gasteiger partial charge >= 0.3 is 0 Å². The fourth-order valence-corrected chi connectivity index (χ4v) is 2.37. The first-order chi connectivity index (χ1) is 12.6. The second-order valence-electron chi connectivity index (χ2n) is 5.40. The first kappa shape index (κ1) is 17.4. The largest absolute Gasteiger partial charge is 0.286 e. The zero-order chi connectivity index (χ0) is 18.4. The van der Waals surface area contributed by atoms with Crippen molar-refractivity contribution in [3.8, 4) is 23.7 Å². The average molecular weight is 355 g/mol. The van der Waals surface area contributed by atoms with E-state index < -0.39 is 4.92 Å². The highest BCUT2D eigenvalue weighted by molar-refractivity contribution is 7.80. The van der Waals surface area contributed by atoms with Crippen LogP contribution in [0.1, 0.15) is 22.3 Å². The second kappa shape index (κ2) is 8.07. The molecule has 0 aliphatic carbocycles. The molecule has 0 spiro atoms. The zero-order valence-corrected chi connectivity index (χ0v) is 14.5. The van der Waals surface area contributed by atoms with Crippen molar-refractivity contribution < 1.29 is 4.92 Å². The van der Waals surface area contributed by atoms with Crippen molar-refractivity contribution in [3.63, 3.8) is 0 Å². The average Bonchev–Trinajstić information content (AvgIpc) is 2.67. The highest BCUT2D eigenvalue weighted by Gasteiger charge is 2.12. The molecule has 0 aliphatic rings. The SMILES string of the molecule is O=[N+]([O-])c1cc(C#Cc2ccc(S)cc2)ccc1C#Cc1ccccc1. The molecule has 0 saturated carbocycles. The molecule has 0 bridgehead atoms. The number of rotatable bonds is 1. The number of nitro benzene ring substituents is 1. The molecular formula is C22H13NO2S. The van der Waals surface area contributed by atoms with Gasteiger partial charge in [0.2, 0.25) is 0 Å². The van der Waals surface area contributed by atoms with Crippen molar-refractivity contribution in [3.05, 3.63) is 105 Å². The molecule has 3 aromatic rings. The molecule has 3 nitrogen and oxygen atoms in total. The van der Waals surface area contributed by atoms with E-state index in [4.69, 9.17) is 0 Å². The van der Waals surface area contributed by atoms with Gasteiger partial charge in [-0.05, 0) is 48.5 Å². The van der Waals surface area contributed by atoms with Crippen molar-refractivity contribution in [2.75, 3.05) is 0 Å². The highest BCUT2D eigenvalue weighted by atomic mass is 32.1.